The molecule has 4 aromatic rings. The minimum Gasteiger partial charge on any atom is -0.238 e. The van der Waals surface area contributed by atoms with Crippen LogP contribution in [0.15, 0.2) is 65.8 Å². The third kappa shape index (κ3) is 3.28. The quantitative estimate of drug-likeness (QED) is 0.501. The van der Waals surface area contributed by atoms with Crippen LogP contribution in [0.4, 0.5) is 0 Å². The van der Waals surface area contributed by atoms with E-state index in [0.717, 1.165) is 38.6 Å². The molecule has 0 aliphatic rings. The van der Waals surface area contributed by atoms with Crippen LogP contribution >= 0.6 is 11.8 Å². The fraction of sp³-hybridized carbons (Fsp3) is 0.150. The van der Waals surface area contributed by atoms with Crippen molar-refractivity contribution in [3.63, 3.8) is 0 Å². The van der Waals surface area contributed by atoms with Crippen molar-refractivity contribution in [3.8, 4) is 5.69 Å². The molecule has 0 aliphatic carbocycles. The fourth-order valence-corrected chi connectivity index (χ4v) is 3.83. The van der Waals surface area contributed by atoms with Crippen molar-refractivity contribution in [2.75, 3.05) is 0 Å². The Labute approximate surface area is 150 Å². The standard InChI is InChI=1S/C20H18N4S/c1-14-11-15(2)24(23-14)18-9-7-16(8-10-18)13-25-20-19-6-4-3-5-17(19)12-21-22-20/h3-12H,13H2,1-2H3. The summed E-state index contributed by atoms with van der Waals surface area (Å²) in [6, 6.07) is 18.8. The van der Waals surface area contributed by atoms with E-state index in [4.69, 9.17) is 0 Å². The molecular formula is C20H18N4S. The highest BCUT2D eigenvalue weighted by molar-refractivity contribution is 7.98. The number of hydrogen-bond acceptors (Lipinski definition) is 4. The highest BCUT2D eigenvalue weighted by atomic mass is 32.2. The normalized spacial score (nSPS) is 11.1. The van der Waals surface area contributed by atoms with Crippen molar-refractivity contribution >= 4 is 22.5 Å². The molecule has 0 radical (unpaired) electrons. The van der Waals surface area contributed by atoms with Crippen LogP contribution in [0.5, 0.6) is 0 Å². The number of aryl methyl sites for hydroxylation is 2. The van der Waals surface area contributed by atoms with Gasteiger partial charge in [0.05, 0.1) is 17.6 Å². The van der Waals surface area contributed by atoms with Gasteiger partial charge in [-0.3, -0.25) is 0 Å². The summed E-state index contributed by atoms with van der Waals surface area (Å²) >= 11 is 1.72. The lowest BCUT2D eigenvalue weighted by Crippen LogP contribution is -1.99. The number of hydrogen-bond donors (Lipinski definition) is 0. The number of rotatable bonds is 4. The molecule has 0 saturated heterocycles. The Morgan fingerprint density at radius 2 is 1.80 bits per heavy atom. The zero-order valence-electron chi connectivity index (χ0n) is 14.2. The van der Waals surface area contributed by atoms with Crippen LogP contribution in [0.2, 0.25) is 0 Å². The molecule has 25 heavy (non-hydrogen) atoms. The molecule has 0 N–H and O–H groups in total. The van der Waals surface area contributed by atoms with E-state index in [1.54, 1.807) is 11.8 Å². The van der Waals surface area contributed by atoms with Gasteiger partial charge >= 0.3 is 0 Å². The van der Waals surface area contributed by atoms with Gasteiger partial charge in [0.1, 0.15) is 5.03 Å². The highest BCUT2D eigenvalue weighted by Gasteiger charge is 2.06. The summed E-state index contributed by atoms with van der Waals surface area (Å²) in [4.78, 5) is 0. The molecule has 2 aromatic carbocycles. The summed E-state index contributed by atoms with van der Waals surface area (Å²) in [7, 11) is 0. The maximum absolute atomic E-state index is 4.53. The molecule has 4 nitrogen and oxygen atoms in total. The lowest BCUT2D eigenvalue weighted by atomic mass is 10.2. The van der Waals surface area contributed by atoms with Crippen molar-refractivity contribution in [1.82, 2.24) is 20.0 Å². The molecule has 0 atom stereocenters. The first kappa shape index (κ1) is 15.8. The Bertz CT molecular complexity index is 1020. The summed E-state index contributed by atoms with van der Waals surface area (Å²) in [6.45, 7) is 4.09. The van der Waals surface area contributed by atoms with Crippen LogP contribution in [0, 0.1) is 13.8 Å². The Balaban J connectivity index is 1.52. The molecule has 0 saturated carbocycles. The molecule has 0 spiro atoms. The lowest BCUT2D eigenvalue weighted by molar-refractivity contribution is 0.833. The minimum absolute atomic E-state index is 0.861. The molecule has 0 amide bonds. The maximum Gasteiger partial charge on any atom is 0.127 e. The van der Waals surface area contributed by atoms with E-state index >= 15 is 0 Å². The summed E-state index contributed by atoms with van der Waals surface area (Å²) in [5.41, 5.74) is 4.52. The van der Waals surface area contributed by atoms with Gasteiger partial charge in [-0.15, -0.1) is 5.10 Å². The van der Waals surface area contributed by atoms with E-state index in [-0.39, 0.29) is 0 Å². The summed E-state index contributed by atoms with van der Waals surface area (Å²) in [6.07, 6.45) is 1.81. The average Bonchev–Trinajstić information content (AvgIpc) is 2.98. The van der Waals surface area contributed by atoms with Crippen molar-refractivity contribution in [2.24, 2.45) is 0 Å². The van der Waals surface area contributed by atoms with E-state index in [1.807, 2.05) is 29.9 Å². The third-order valence-electron chi connectivity index (χ3n) is 4.10. The smallest absolute Gasteiger partial charge is 0.127 e. The first-order valence-electron chi connectivity index (χ1n) is 8.16. The van der Waals surface area contributed by atoms with Gasteiger partial charge in [0.25, 0.3) is 0 Å². The van der Waals surface area contributed by atoms with Crippen molar-refractivity contribution < 1.29 is 0 Å². The molecule has 2 heterocycles. The van der Waals surface area contributed by atoms with Crippen LogP contribution in [-0.2, 0) is 5.75 Å². The number of nitrogens with zero attached hydrogens (tertiary/aromatic N) is 4. The summed E-state index contributed by atoms with van der Waals surface area (Å²) in [5.74, 6) is 0.861. The van der Waals surface area contributed by atoms with Crippen LogP contribution in [0.25, 0.3) is 16.5 Å². The van der Waals surface area contributed by atoms with Crippen molar-refractivity contribution in [3.05, 3.63) is 77.7 Å². The Hall–Kier alpha value is -2.66. The molecule has 0 bridgehead atoms. The minimum atomic E-state index is 0.861. The monoisotopic (exact) mass is 346 g/mol. The zero-order chi connectivity index (χ0) is 17.2. The number of benzene rings is 2. The first-order valence-corrected chi connectivity index (χ1v) is 9.15. The van der Waals surface area contributed by atoms with E-state index in [9.17, 15) is 0 Å². The molecule has 0 unspecified atom stereocenters. The van der Waals surface area contributed by atoms with Gasteiger partial charge in [0, 0.05) is 22.2 Å². The number of fused-ring (bicyclic) bond motifs is 1. The molecule has 4 rings (SSSR count). The number of thioether (sulfide) groups is 1. The largest absolute Gasteiger partial charge is 0.238 e. The average molecular weight is 346 g/mol. The Morgan fingerprint density at radius 3 is 2.56 bits per heavy atom. The van der Waals surface area contributed by atoms with E-state index in [2.05, 4.69) is 64.7 Å². The molecule has 0 aliphatic heterocycles. The van der Waals surface area contributed by atoms with Gasteiger partial charge in [-0.05, 0) is 37.6 Å². The predicted molar refractivity (Wildman–Crippen MR) is 102 cm³/mol. The van der Waals surface area contributed by atoms with E-state index in [0.29, 0.717) is 0 Å². The van der Waals surface area contributed by atoms with Gasteiger partial charge in [-0.25, -0.2) is 4.68 Å². The van der Waals surface area contributed by atoms with E-state index in [1.165, 1.54) is 5.56 Å². The molecule has 2 aromatic heterocycles. The summed E-state index contributed by atoms with van der Waals surface area (Å²) < 4.78 is 1.97. The van der Waals surface area contributed by atoms with Gasteiger partial charge in [0.2, 0.25) is 0 Å². The second-order valence-electron chi connectivity index (χ2n) is 6.03. The van der Waals surface area contributed by atoms with Gasteiger partial charge in [-0.1, -0.05) is 48.2 Å². The second-order valence-corrected chi connectivity index (χ2v) is 7.00. The van der Waals surface area contributed by atoms with Gasteiger partial charge in [0.15, 0.2) is 0 Å². The van der Waals surface area contributed by atoms with E-state index < -0.39 is 0 Å². The van der Waals surface area contributed by atoms with Crippen LogP contribution in [0.3, 0.4) is 0 Å². The second kappa shape index (κ2) is 6.69. The van der Waals surface area contributed by atoms with Crippen LogP contribution in [0.1, 0.15) is 17.0 Å². The van der Waals surface area contributed by atoms with Gasteiger partial charge in [-0.2, -0.15) is 10.2 Å². The summed E-state index contributed by atoms with van der Waals surface area (Å²) in [5, 5.41) is 16.2. The fourth-order valence-electron chi connectivity index (χ4n) is 2.88. The molecule has 5 heteroatoms. The van der Waals surface area contributed by atoms with Crippen molar-refractivity contribution in [2.45, 2.75) is 24.6 Å². The third-order valence-corrected chi connectivity index (χ3v) is 5.16. The van der Waals surface area contributed by atoms with Gasteiger partial charge < -0.3 is 0 Å². The molecule has 124 valence electrons. The maximum atomic E-state index is 4.53. The molecular weight excluding hydrogens is 328 g/mol. The SMILES string of the molecule is Cc1cc(C)n(-c2ccc(CSc3nncc4ccccc34)cc2)n1. The Morgan fingerprint density at radius 1 is 1.00 bits per heavy atom. The number of aromatic nitrogens is 4. The zero-order valence-corrected chi connectivity index (χ0v) is 15.0. The predicted octanol–water partition coefficient (Wildman–Crippen LogP) is 4.72. The topological polar surface area (TPSA) is 43.6 Å². The first-order chi connectivity index (χ1) is 12.2. The Kier molecular flexibility index (Phi) is 4.24. The van der Waals surface area contributed by atoms with Crippen molar-refractivity contribution in [1.29, 1.82) is 0 Å². The molecule has 0 fully saturated rings. The van der Waals surface area contributed by atoms with Crippen LogP contribution < -0.4 is 0 Å². The highest BCUT2D eigenvalue weighted by Crippen LogP contribution is 2.27. The van der Waals surface area contributed by atoms with Crippen LogP contribution in [-0.4, -0.2) is 20.0 Å². The lowest BCUT2D eigenvalue weighted by Gasteiger charge is -2.07.